The number of thiophene rings is 1. The molecule has 130 valence electrons. The average molecular weight is 395 g/mol. The average Bonchev–Trinajstić information content (AvgIpc) is 3.18. The molecule has 3 heterocycles. The van der Waals surface area contributed by atoms with Crippen LogP contribution >= 0.6 is 22.9 Å². The Morgan fingerprint density at radius 2 is 2.04 bits per heavy atom. The summed E-state index contributed by atoms with van der Waals surface area (Å²) in [6.45, 7) is 2.60. The highest BCUT2D eigenvalue weighted by molar-refractivity contribution is 7.89. The number of fused-ring (bicyclic) bond motifs is 1. The summed E-state index contributed by atoms with van der Waals surface area (Å²) in [5.41, 5.74) is 2.51. The Kier molecular flexibility index (Phi) is 4.19. The molecule has 1 aliphatic rings. The molecule has 3 aromatic rings. The zero-order valence-corrected chi connectivity index (χ0v) is 15.8. The third kappa shape index (κ3) is 3.13. The van der Waals surface area contributed by atoms with Crippen molar-refractivity contribution in [1.82, 2.24) is 9.29 Å². The van der Waals surface area contributed by atoms with E-state index < -0.39 is 10.0 Å². The minimum Gasteiger partial charge on any atom is -0.449 e. The van der Waals surface area contributed by atoms with Crippen LogP contribution in [0.1, 0.15) is 16.3 Å². The zero-order chi connectivity index (χ0) is 17.6. The van der Waals surface area contributed by atoms with Crippen molar-refractivity contribution in [2.75, 3.05) is 6.54 Å². The van der Waals surface area contributed by atoms with Gasteiger partial charge in [-0.25, -0.2) is 13.4 Å². The minimum atomic E-state index is -3.54. The van der Waals surface area contributed by atoms with Gasteiger partial charge in [0.05, 0.1) is 9.23 Å². The van der Waals surface area contributed by atoms with E-state index >= 15 is 0 Å². The van der Waals surface area contributed by atoms with Gasteiger partial charge in [-0.05, 0) is 30.2 Å². The van der Waals surface area contributed by atoms with Gasteiger partial charge in [0.1, 0.15) is 12.0 Å². The molecule has 0 saturated heterocycles. The van der Waals surface area contributed by atoms with Crippen LogP contribution in [0.25, 0.3) is 11.3 Å². The lowest BCUT2D eigenvalue weighted by Crippen LogP contribution is -2.35. The Morgan fingerprint density at radius 1 is 1.28 bits per heavy atom. The molecule has 0 N–H and O–H groups in total. The molecule has 0 aliphatic carbocycles. The van der Waals surface area contributed by atoms with E-state index in [2.05, 4.69) is 4.98 Å². The number of sulfonamides is 1. The first-order valence-electron chi connectivity index (χ1n) is 7.73. The molecule has 0 amide bonds. The fraction of sp³-hybridized carbons (Fsp3) is 0.235. The molecule has 0 unspecified atom stereocenters. The van der Waals surface area contributed by atoms with Crippen LogP contribution in [-0.4, -0.2) is 24.3 Å². The normalized spacial score (nSPS) is 15.3. The highest BCUT2D eigenvalue weighted by Gasteiger charge is 2.29. The first kappa shape index (κ1) is 16.8. The minimum absolute atomic E-state index is 0.279. The van der Waals surface area contributed by atoms with Crippen molar-refractivity contribution in [1.29, 1.82) is 0 Å². The second-order valence-electron chi connectivity index (χ2n) is 5.86. The maximum absolute atomic E-state index is 12.9. The summed E-state index contributed by atoms with van der Waals surface area (Å²) in [5.74, 6) is 0.574. The Balaban J connectivity index is 1.60. The second-order valence-corrected chi connectivity index (χ2v) is 9.57. The van der Waals surface area contributed by atoms with Crippen molar-refractivity contribution in [3.8, 4) is 11.3 Å². The lowest BCUT2D eigenvalue weighted by Gasteiger charge is -2.26. The van der Waals surface area contributed by atoms with Crippen molar-refractivity contribution in [3.63, 3.8) is 0 Å². The number of oxazole rings is 1. The predicted molar refractivity (Wildman–Crippen MR) is 97.3 cm³/mol. The second kappa shape index (κ2) is 6.25. The van der Waals surface area contributed by atoms with Gasteiger partial charge >= 0.3 is 0 Å². The first-order valence-corrected chi connectivity index (χ1v) is 10.4. The SMILES string of the molecule is Cc1nc(-c2ccc(S(=O)(=O)N3CCc4sc(Cl)cc4C3)cc2)co1. The van der Waals surface area contributed by atoms with E-state index in [1.54, 1.807) is 37.5 Å². The highest BCUT2D eigenvalue weighted by Crippen LogP contribution is 2.33. The van der Waals surface area contributed by atoms with E-state index in [-0.39, 0.29) is 4.90 Å². The number of aromatic nitrogens is 1. The maximum atomic E-state index is 12.9. The summed E-state index contributed by atoms with van der Waals surface area (Å²) in [4.78, 5) is 5.71. The predicted octanol–water partition coefficient (Wildman–Crippen LogP) is 4.11. The molecule has 0 bridgehead atoms. The molecular formula is C17H15ClN2O3S2. The van der Waals surface area contributed by atoms with Gasteiger partial charge in [0.25, 0.3) is 0 Å². The summed E-state index contributed by atoms with van der Waals surface area (Å²) in [7, 11) is -3.54. The molecule has 25 heavy (non-hydrogen) atoms. The van der Waals surface area contributed by atoms with Crippen LogP contribution in [0.3, 0.4) is 0 Å². The van der Waals surface area contributed by atoms with Gasteiger partial charge in [0.2, 0.25) is 10.0 Å². The number of hydrogen-bond acceptors (Lipinski definition) is 5. The van der Waals surface area contributed by atoms with Crippen LogP contribution in [-0.2, 0) is 23.0 Å². The maximum Gasteiger partial charge on any atom is 0.243 e. The van der Waals surface area contributed by atoms with Gasteiger partial charge in [-0.3, -0.25) is 0 Å². The van der Waals surface area contributed by atoms with Crippen molar-refractivity contribution in [3.05, 3.63) is 57.3 Å². The number of halogens is 1. The molecule has 5 nitrogen and oxygen atoms in total. The molecule has 2 aromatic heterocycles. The fourth-order valence-electron chi connectivity index (χ4n) is 2.92. The molecule has 0 atom stereocenters. The highest BCUT2D eigenvalue weighted by atomic mass is 35.5. The van der Waals surface area contributed by atoms with Gasteiger partial charge < -0.3 is 4.42 Å². The van der Waals surface area contributed by atoms with Crippen LogP contribution in [0.2, 0.25) is 4.34 Å². The van der Waals surface area contributed by atoms with E-state index in [1.165, 1.54) is 20.5 Å². The third-order valence-electron chi connectivity index (χ3n) is 4.21. The van der Waals surface area contributed by atoms with Gasteiger partial charge in [-0.2, -0.15) is 4.31 Å². The van der Waals surface area contributed by atoms with E-state index in [1.807, 2.05) is 6.07 Å². The number of nitrogens with zero attached hydrogens (tertiary/aromatic N) is 2. The smallest absolute Gasteiger partial charge is 0.243 e. The zero-order valence-electron chi connectivity index (χ0n) is 13.4. The van der Waals surface area contributed by atoms with Crippen LogP contribution in [0.5, 0.6) is 0 Å². The fourth-order valence-corrected chi connectivity index (χ4v) is 5.63. The summed E-state index contributed by atoms with van der Waals surface area (Å²) < 4.78 is 33.2. The van der Waals surface area contributed by atoms with Gasteiger partial charge in [0, 0.05) is 30.5 Å². The summed E-state index contributed by atoms with van der Waals surface area (Å²) >= 11 is 7.57. The molecular weight excluding hydrogens is 380 g/mol. The van der Waals surface area contributed by atoms with E-state index in [0.29, 0.717) is 35.4 Å². The van der Waals surface area contributed by atoms with Crippen LogP contribution < -0.4 is 0 Å². The summed E-state index contributed by atoms with van der Waals surface area (Å²) in [6.07, 6.45) is 2.26. The lowest BCUT2D eigenvalue weighted by molar-refractivity contribution is 0.394. The largest absolute Gasteiger partial charge is 0.449 e. The summed E-state index contributed by atoms with van der Waals surface area (Å²) in [6, 6.07) is 8.59. The van der Waals surface area contributed by atoms with Crippen molar-refractivity contribution in [2.24, 2.45) is 0 Å². The van der Waals surface area contributed by atoms with Crippen molar-refractivity contribution < 1.29 is 12.8 Å². The van der Waals surface area contributed by atoms with E-state index in [4.69, 9.17) is 16.0 Å². The van der Waals surface area contributed by atoms with Crippen molar-refractivity contribution in [2.45, 2.75) is 24.8 Å². The molecule has 0 fully saturated rings. The topological polar surface area (TPSA) is 63.4 Å². The van der Waals surface area contributed by atoms with Crippen LogP contribution in [0.15, 0.2) is 45.9 Å². The lowest BCUT2D eigenvalue weighted by atomic mass is 10.1. The molecule has 1 aliphatic heterocycles. The third-order valence-corrected chi connectivity index (χ3v) is 7.43. The standard InChI is InChI=1S/C17H15ClN2O3S2/c1-11-19-15(10-23-11)12-2-4-14(5-3-12)25(21,22)20-7-6-16-13(9-20)8-17(18)24-16/h2-5,8,10H,6-7,9H2,1H3. The Labute approximate surface area is 154 Å². The number of hydrogen-bond donors (Lipinski definition) is 0. The Bertz CT molecular complexity index is 1020. The number of rotatable bonds is 3. The first-order chi connectivity index (χ1) is 11.9. The molecule has 0 spiro atoms. The molecule has 8 heteroatoms. The summed E-state index contributed by atoms with van der Waals surface area (Å²) in [5, 5.41) is 0. The van der Waals surface area contributed by atoms with Crippen LogP contribution in [0, 0.1) is 6.92 Å². The van der Waals surface area contributed by atoms with Gasteiger partial charge in [-0.1, -0.05) is 23.7 Å². The van der Waals surface area contributed by atoms with Crippen LogP contribution in [0.4, 0.5) is 0 Å². The molecule has 4 rings (SSSR count). The molecule has 0 radical (unpaired) electrons. The Morgan fingerprint density at radius 3 is 2.72 bits per heavy atom. The number of benzene rings is 1. The van der Waals surface area contributed by atoms with E-state index in [9.17, 15) is 8.42 Å². The van der Waals surface area contributed by atoms with Gasteiger partial charge in [0.15, 0.2) is 5.89 Å². The van der Waals surface area contributed by atoms with E-state index in [0.717, 1.165) is 11.1 Å². The Hall–Kier alpha value is -1.67. The van der Waals surface area contributed by atoms with Gasteiger partial charge in [-0.15, -0.1) is 11.3 Å². The monoisotopic (exact) mass is 394 g/mol. The van der Waals surface area contributed by atoms with Crippen molar-refractivity contribution >= 4 is 33.0 Å². The number of aryl methyl sites for hydroxylation is 1. The molecule has 0 saturated carbocycles. The quantitative estimate of drug-likeness (QED) is 0.670. The molecule has 1 aromatic carbocycles.